The fraction of sp³-hybridized carbons (Fsp3) is 0.143. The molecule has 0 aliphatic carbocycles. The number of hydrogen-bond donors (Lipinski definition) is 0. The van der Waals surface area contributed by atoms with E-state index in [-0.39, 0.29) is 0 Å². The average Bonchev–Trinajstić information content (AvgIpc) is 2.11. The maximum Gasteiger partial charge on any atom is 0.322 e. The summed E-state index contributed by atoms with van der Waals surface area (Å²) in [5.41, 5.74) is -1.81. The zero-order valence-corrected chi connectivity index (χ0v) is 8.36. The van der Waals surface area contributed by atoms with E-state index in [9.17, 15) is 23.3 Å². The van der Waals surface area contributed by atoms with E-state index in [1.165, 1.54) is 0 Å². The van der Waals surface area contributed by atoms with E-state index in [1.54, 1.807) is 0 Å². The van der Waals surface area contributed by atoms with E-state index in [0.717, 1.165) is 6.92 Å². The van der Waals surface area contributed by atoms with Gasteiger partial charge in [0.1, 0.15) is 4.47 Å². The summed E-state index contributed by atoms with van der Waals surface area (Å²) < 4.78 is 38.0. The Morgan fingerprint density at radius 3 is 2.14 bits per heavy atom. The van der Waals surface area contributed by atoms with E-state index in [1.807, 2.05) is 0 Å². The van der Waals surface area contributed by atoms with Gasteiger partial charge in [0.2, 0.25) is 5.82 Å². The van der Waals surface area contributed by atoms with Crippen molar-refractivity contribution in [1.82, 2.24) is 0 Å². The molecule has 0 radical (unpaired) electrons. The minimum absolute atomic E-state index is 0.711. The molecule has 0 bridgehead atoms. The van der Waals surface area contributed by atoms with Crippen LogP contribution in [-0.4, -0.2) is 4.92 Å². The lowest BCUT2D eigenvalue weighted by Crippen LogP contribution is -2.02. The van der Waals surface area contributed by atoms with Crippen LogP contribution in [-0.2, 0) is 0 Å². The molecular weight excluding hydrogens is 267 g/mol. The molecule has 1 aromatic carbocycles. The molecule has 76 valence electrons. The highest BCUT2D eigenvalue weighted by molar-refractivity contribution is 9.10. The third-order valence-electron chi connectivity index (χ3n) is 1.64. The summed E-state index contributed by atoms with van der Waals surface area (Å²) in [5, 5.41) is 10.3. The van der Waals surface area contributed by atoms with Crippen LogP contribution in [0.1, 0.15) is 5.56 Å². The maximum atomic E-state index is 13.1. The first-order valence-corrected chi connectivity index (χ1v) is 4.14. The molecule has 7 heteroatoms. The first kappa shape index (κ1) is 11.0. The summed E-state index contributed by atoms with van der Waals surface area (Å²) in [6.07, 6.45) is 0. The van der Waals surface area contributed by atoms with Gasteiger partial charge in [0.15, 0.2) is 11.6 Å². The molecule has 1 rings (SSSR count). The molecule has 0 aromatic heterocycles. The summed E-state index contributed by atoms with van der Waals surface area (Å²) in [4.78, 5) is 9.19. The second-order valence-electron chi connectivity index (χ2n) is 2.49. The smallest absolute Gasteiger partial charge is 0.258 e. The number of nitro groups is 1. The molecular formula is C7H3BrF3NO2. The lowest BCUT2D eigenvalue weighted by Gasteiger charge is -2.03. The maximum absolute atomic E-state index is 13.1. The van der Waals surface area contributed by atoms with Gasteiger partial charge in [0.05, 0.1) is 4.92 Å². The predicted octanol–water partition coefficient (Wildman–Crippen LogP) is 3.08. The summed E-state index contributed by atoms with van der Waals surface area (Å²) in [7, 11) is 0. The van der Waals surface area contributed by atoms with Gasteiger partial charge < -0.3 is 0 Å². The minimum Gasteiger partial charge on any atom is -0.258 e. The van der Waals surface area contributed by atoms with Gasteiger partial charge in [-0.2, -0.15) is 4.39 Å². The monoisotopic (exact) mass is 269 g/mol. The van der Waals surface area contributed by atoms with E-state index >= 15 is 0 Å². The fourth-order valence-corrected chi connectivity index (χ4v) is 1.39. The van der Waals surface area contributed by atoms with Gasteiger partial charge >= 0.3 is 5.69 Å². The van der Waals surface area contributed by atoms with Crippen molar-refractivity contribution < 1.29 is 18.1 Å². The summed E-state index contributed by atoms with van der Waals surface area (Å²) in [6, 6.07) is 0. The summed E-state index contributed by atoms with van der Waals surface area (Å²) >= 11 is 2.42. The van der Waals surface area contributed by atoms with Crippen LogP contribution in [0.5, 0.6) is 0 Å². The van der Waals surface area contributed by atoms with Gasteiger partial charge in [-0.15, -0.1) is 0 Å². The Morgan fingerprint density at radius 1 is 1.21 bits per heavy atom. The van der Waals surface area contributed by atoms with E-state index in [0.29, 0.717) is 0 Å². The van der Waals surface area contributed by atoms with Crippen molar-refractivity contribution in [1.29, 1.82) is 0 Å². The fourth-order valence-electron chi connectivity index (χ4n) is 0.896. The van der Waals surface area contributed by atoms with Crippen molar-refractivity contribution in [2.24, 2.45) is 0 Å². The molecule has 1 aromatic rings. The Bertz CT molecular complexity index is 393. The molecule has 0 amide bonds. The van der Waals surface area contributed by atoms with E-state index in [2.05, 4.69) is 15.9 Å². The van der Waals surface area contributed by atoms with E-state index in [4.69, 9.17) is 0 Å². The zero-order chi connectivity index (χ0) is 11.0. The number of halogens is 4. The number of benzene rings is 1. The lowest BCUT2D eigenvalue weighted by atomic mass is 10.2. The number of nitrogens with zero attached hydrogens (tertiary/aromatic N) is 1. The Balaban J connectivity index is 3.68. The van der Waals surface area contributed by atoms with Crippen molar-refractivity contribution in [3.8, 4) is 0 Å². The Hall–Kier alpha value is -1.11. The normalized spacial score (nSPS) is 10.4. The lowest BCUT2D eigenvalue weighted by molar-refractivity contribution is -0.388. The second kappa shape index (κ2) is 3.56. The highest BCUT2D eigenvalue weighted by Crippen LogP contribution is 2.34. The highest BCUT2D eigenvalue weighted by atomic mass is 79.9. The average molecular weight is 270 g/mol. The van der Waals surface area contributed by atoms with Crippen LogP contribution in [0.2, 0.25) is 0 Å². The van der Waals surface area contributed by atoms with Gasteiger partial charge in [-0.1, -0.05) is 0 Å². The largest absolute Gasteiger partial charge is 0.322 e. The first-order valence-electron chi connectivity index (χ1n) is 3.34. The summed E-state index contributed by atoms with van der Waals surface area (Å²) in [5.74, 6) is -4.27. The van der Waals surface area contributed by atoms with Crippen molar-refractivity contribution in [3.05, 3.63) is 37.6 Å². The van der Waals surface area contributed by atoms with Gasteiger partial charge in [-0.3, -0.25) is 10.1 Å². The Morgan fingerprint density at radius 2 is 1.71 bits per heavy atom. The molecule has 0 N–H and O–H groups in total. The van der Waals surface area contributed by atoms with Crippen LogP contribution in [0.3, 0.4) is 0 Å². The van der Waals surface area contributed by atoms with Crippen LogP contribution in [0.4, 0.5) is 18.9 Å². The highest BCUT2D eigenvalue weighted by Gasteiger charge is 2.28. The van der Waals surface area contributed by atoms with E-state index < -0.39 is 38.1 Å². The number of nitro benzene ring substituents is 1. The molecule has 0 aliphatic heterocycles. The number of hydrogen-bond acceptors (Lipinski definition) is 2. The van der Waals surface area contributed by atoms with Crippen LogP contribution >= 0.6 is 15.9 Å². The van der Waals surface area contributed by atoms with Crippen LogP contribution in [0, 0.1) is 34.5 Å². The third-order valence-corrected chi connectivity index (χ3v) is 2.37. The molecule has 0 heterocycles. The molecule has 14 heavy (non-hydrogen) atoms. The second-order valence-corrected chi connectivity index (χ2v) is 3.28. The quantitative estimate of drug-likeness (QED) is 0.340. The SMILES string of the molecule is Cc1c(F)c(F)c(Br)c([N+](=O)[O-])c1F. The topological polar surface area (TPSA) is 43.1 Å². The summed E-state index contributed by atoms with van der Waals surface area (Å²) in [6.45, 7) is 0.924. The molecule has 0 unspecified atom stereocenters. The molecule has 0 spiro atoms. The number of rotatable bonds is 1. The molecule has 0 saturated heterocycles. The zero-order valence-electron chi connectivity index (χ0n) is 6.78. The van der Waals surface area contributed by atoms with Gasteiger partial charge in [0, 0.05) is 5.56 Å². The first-order chi connectivity index (χ1) is 6.37. The molecule has 0 saturated carbocycles. The van der Waals surface area contributed by atoms with Gasteiger partial charge in [0.25, 0.3) is 0 Å². The van der Waals surface area contributed by atoms with Crippen molar-refractivity contribution in [2.45, 2.75) is 6.92 Å². The standard InChI is InChI=1S/C7H3BrF3NO2/c1-2-4(9)6(11)3(8)7(5(2)10)12(13)14/h1H3. The van der Waals surface area contributed by atoms with Crippen molar-refractivity contribution >= 4 is 21.6 Å². The Kier molecular flexibility index (Phi) is 2.79. The van der Waals surface area contributed by atoms with Crippen LogP contribution in [0.25, 0.3) is 0 Å². The molecule has 0 aliphatic rings. The van der Waals surface area contributed by atoms with Crippen molar-refractivity contribution in [2.75, 3.05) is 0 Å². The molecule has 0 fully saturated rings. The van der Waals surface area contributed by atoms with Crippen LogP contribution in [0.15, 0.2) is 4.47 Å². The van der Waals surface area contributed by atoms with Gasteiger partial charge in [-0.25, -0.2) is 8.78 Å². The molecule has 0 atom stereocenters. The van der Waals surface area contributed by atoms with Gasteiger partial charge in [-0.05, 0) is 22.9 Å². The third kappa shape index (κ3) is 1.47. The predicted molar refractivity (Wildman–Crippen MR) is 45.4 cm³/mol. The van der Waals surface area contributed by atoms with Crippen LogP contribution < -0.4 is 0 Å². The molecule has 3 nitrogen and oxygen atoms in total. The Labute approximate surface area is 84.8 Å². The minimum atomic E-state index is -1.46. The van der Waals surface area contributed by atoms with Crippen molar-refractivity contribution in [3.63, 3.8) is 0 Å².